The zero-order valence-corrected chi connectivity index (χ0v) is 31.4. The van der Waals surface area contributed by atoms with Gasteiger partial charge in [-0.15, -0.1) is 0 Å². The van der Waals surface area contributed by atoms with Crippen molar-refractivity contribution in [2.24, 2.45) is 5.92 Å². The number of fused-ring (bicyclic) bond motifs is 5. The van der Waals surface area contributed by atoms with Gasteiger partial charge in [-0.05, 0) is 50.6 Å². The second-order valence-corrected chi connectivity index (χ2v) is 14.2. The first-order chi connectivity index (χ1) is 23.5. The highest BCUT2D eigenvalue weighted by Gasteiger charge is 2.64. The molecule has 2 N–H and O–H groups in total. The van der Waals surface area contributed by atoms with E-state index in [2.05, 4.69) is 17.9 Å². The van der Waals surface area contributed by atoms with Crippen LogP contribution >= 0.6 is 24.2 Å². The molecular weight excluding hydrogens is 690 g/mol. The Morgan fingerprint density at radius 3 is 2.62 bits per heavy atom. The number of carbonyl (C=O) groups excluding carboxylic acids is 4. The number of amides is 3. The lowest BCUT2D eigenvalue weighted by atomic mass is 9.83. The van der Waals surface area contributed by atoms with E-state index in [0.717, 1.165) is 11.1 Å². The van der Waals surface area contributed by atoms with Crippen LogP contribution in [0.5, 0.6) is 5.75 Å². The number of esters is 1. The Morgan fingerprint density at radius 2 is 1.98 bits per heavy atom. The number of hydrogen-bond donors (Lipinski definition) is 3. The average molecular weight is 738 g/mol. The van der Waals surface area contributed by atoms with E-state index < -0.39 is 65.7 Å². The Morgan fingerprint density at radius 1 is 1.28 bits per heavy atom. The van der Waals surface area contributed by atoms with Gasteiger partial charge in [0.1, 0.15) is 40.7 Å². The Labute approximate surface area is 303 Å². The number of methoxy groups -OCH3 is 2. The lowest BCUT2D eigenvalue weighted by Gasteiger charge is -2.42. The zero-order valence-electron chi connectivity index (χ0n) is 29.7. The summed E-state index contributed by atoms with van der Waals surface area (Å²) in [5, 5.41) is 14.4. The predicted octanol–water partition coefficient (Wildman–Crippen LogP) is 3.83. The number of alkyl carbamates (subject to hydrolysis) is 1. The molecule has 0 aliphatic carbocycles. The molecule has 15 heteroatoms. The van der Waals surface area contributed by atoms with Crippen LogP contribution in [0.15, 0.2) is 35.9 Å². The molecule has 2 fully saturated rings. The smallest absolute Gasteiger partial charge is 0.409 e. The number of benzene rings is 1. The maximum Gasteiger partial charge on any atom is 0.409 e. The number of epoxide rings is 1. The van der Waals surface area contributed by atoms with Crippen LogP contribution in [0.25, 0.3) is 0 Å². The number of likely N-dealkylation sites (N-methyl/N-ethyl adjacent to an activating group) is 1. The molecule has 1 aromatic rings. The Kier molecular flexibility index (Phi) is 12.6. The number of rotatable bonds is 7. The molecule has 50 heavy (non-hydrogen) atoms. The normalized spacial score (nSPS) is 30.7. The monoisotopic (exact) mass is 737 g/mol. The summed E-state index contributed by atoms with van der Waals surface area (Å²) in [5.74, 6) is -1.30. The second kappa shape index (κ2) is 15.9. The van der Waals surface area contributed by atoms with Gasteiger partial charge in [-0.2, -0.15) is 12.6 Å². The van der Waals surface area contributed by atoms with E-state index in [1.54, 1.807) is 45.2 Å². The van der Waals surface area contributed by atoms with E-state index >= 15 is 0 Å². The van der Waals surface area contributed by atoms with Crippen molar-refractivity contribution < 1.29 is 48.0 Å². The molecule has 0 spiro atoms. The third-order valence-electron chi connectivity index (χ3n) is 9.85. The Hall–Kier alpha value is -3.30. The van der Waals surface area contributed by atoms with Crippen LogP contribution in [-0.2, 0) is 39.8 Å². The van der Waals surface area contributed by atoms with Crippen LogP contribution in [0.1, 0.15) is 52.5 Å². The molecular formula is C35H48ClN3O10S. The summed E-state index contributed by atoms with van der Waals surface area (Å²) in [6.45, 7) is 6.96. The van der Waals surface area contributed by atoms with Crippen molar-refractivity contribution in [3.63, 3.8) is 0 Å². The fourth-order valence-electron chi connectivity index (χ4n) is 6.49. The highest BCUT2D eigenvalue weighted by molar-refractivity contribution is 7.80. The molecule has 4 bridgehead atoms. The lowest BCUT2D eigenvalue weighted by molar-refractivity contribution is -0.161. The fourth-order valence-corrected chi connectivity index (χ4v) is 6.99. The minimum atomic E-state index is -1.82. The first-order valence-electron chi connectivity index (χ1n) is 16.4. The van der Waals surface area contributed by atoms with Gasteiger partial charge in [-0.25, -0.2) is 9.59 Å². The van der Waals surface area contributed by atoms with Crippen molar-refractivity contribution in [3.05, 3.63) is 46.5 Å². The van der Waals surface area contributed by atoms with Crippen LogP contribution in [0.2, 0.25) is 5.02 Å². The summed E-state index contributed by atoms with van der Waals surface area (Å²) in [6, 6.07) is 2.60. The van der Waals surface area contributed by atoms with Crippen LogP contribution in [0.4, 0.5) is 10.5 Å². The number of carbonyl (C=O) groups is 4. The molecule has 3 aliphatic rings. The molecule has 2 saturated heterocycles. The molecule has 0 saturated carbocycles. The van der Waals surface area contributed by atoms with E-state index in [1.807, 2.05) is 13.0 Å². The molecule has 2 unspecified atom stereocenters. The number of hydrogen-bond acceptors (Lipinski definition) is 11. The van der Waals surface area contributed by atoms with Crippen LogP contribution < -0.4 is 15.0 Å². The molecule has 1 aromatic carbocycles. The van der Waals surface area contributed by atoms with Gasteiger partial charge in [0, 0.05) is 40.0 Å². The van der Waals surface area contributed by atoms with Gasteiger partial charge in [0.05, 0.1) is 25.3 Å². The maximum absolute atomic E-state index is 14.0. The third kappa shape index (κ3) is 8.42. The quantitative estimate of drug-likeness (QED) is 0.214. The van der Waals surface area contributed by atoms with Gasteiger partial charge in [-0.3, -0.25) is 14.9 Å². The number of ether oxygens (including phenoxy) is 5. The summed E-state index contributed by atoms with van der Waals surface area (Å²) < 4.78 is 29.0. The SMILES string of the molecule is COc1cc2cc(c1Cl)N(C)C(=O)C[C@H](OC(=O)C(C)N(C)C(=O)CCS)[C@]1(C)O[C@H]1C(C)[C@@H]1C[C@@](O)(NC(=O)O1)[C@H](OC)C=CC=C(C)C2. The zero-order chi connectivity index (χ0) is 37.1. The van der Waals surface area contributed by atoms with Crippen molar-refractivity contribution in [3.8, 4) is 5.75 Å². The van der Waals surface area contributed by atoms with Crippen molar-refractivity contribution in [1.82, 2.24) is 10.2 Å². The van der Waals surface area contributed by atoms with Crippen molar-refractivity contribution in [1.29, 1.82) is 0 Å². The molecule has 3 amide bonds. The van der Waals surface area contributed by atoms with Gasteiger partial charge >= 0.3 is 12.1 Å². The second-order valence-electron chi connectivity index (χ2n) is 13.4. The molecule has 0 aromatic heterocycles. The van der Waals surface area contributed by atoms with Gasteiger partial charge in [0.15, 0.2) is 5.72 Å². The summed E-state index contributed by atoms with van der Waals surface area (Å²) >= 11 is 10.8. The molecule has 8 atom stereocenters. The molecule has 3 aliphatic heterocycles. The molecule has 13 nitrogen and oxygen atoms in total. The van der Waals surface area contributed by atoms with Gasteiger partial charge < -0.3 is 38.6 Å². The van der Waals surface area contributed by atoms with Crippen molar-refractivity contribution in [2.45, 2.75) is 95.2 Å². The minimum Gasteiger partial charge on any atom is -0.495 e. The van der Waals surface area contributed by atoms with E-state index in [1.165, 1.54) is 38.0 Å². The Bertz CT molecular complexity index is 1540. The summed E-state index contributed by atoms with van der Waals surface area (Å²) in [5.41, 5.74) is -0.903. The fraction of sp³-hybridized carbons (Fsp3) is 0.600. The van der Waals surface area contributed by atoms with Crippen LogP contribution in [0, 0.1) is 5.92 Å². The summed E-state index contributed by atoms with van der Waals surface area (Å²) in [6.07, 6.45) is 1.08. The lowest BCUT2D eigenvalue weighted by Crippen LogP contribution is -2.63. The number of halogens is 1. The maximum atomic E-state index is 14.0. The van der Waals surface area contributed by atoms with Gasteiger partial charge in [-0.1, -0.05) is 42.3 Å². The highest BCUT2D eigenvalue weighted by atomic mass is 35.5. The standard InChI is InChI=1S/C35H48ClN3O10S/c1-19-10-9-11-26(46-8)35(44)18-25(47-33(43)37-35)20(2)31-34(4,49-31)27(48-32(42)21(3)38(5)28(40)12-13-50)17-29(41)39(6)23-15-22(14-19)16-24(45-7)30(23)36/h9-11,15-16,20-21,25-27,31,44,50H,12-14,17-18H2,1-8H3,(H,37,43)/t20?,21?,25-,26+,27-,31-,34-,35-/m0/s1. The van der Waals surface area contributed by atoms with Crippen molar-refractivity contribution >= 4 is 53.8 Å². The van der Waals surface area contributed by atoms with Crippen LogP contribution in [0.3, 0.4) is 0 Å². The van der Waals surface area contributed by atoms with E-state index in [-0.39, 0.29) is 30.2 Å². The molecule has 0 radical (unpaired) electrons. The van der Waals surface area contributed by atoms with E-state index in [4.69, 9.17) is 35.3 Å². The number of nitrogens with zero attached hydrogens (tertiary/aromatic N) is 2. The number of nitrogens with one attached hydrogen (secondary N) is 1. The highest BCUT2D eigenvalue weighted by Crippen LogP contribution is 2.49. The summed E-state index contributed by atoms with van der Waals surface area (Å²) in [4.78, 5) is 55.6. The number of aliphatic hydroxyl groups is 1. The van der Waals surface area contributed by atoms with Gasteiger partial charge in [0.2, 0.25) is 11.8 Å². The number of thiol groups is 1. The number of allylic oxidation sites excluding steroid dienone is 3. The first-order valence-corrected chi connectivity index (χ1v) is 17.5. The van der Waals surface area contributed by atoms with E-state index in [0.29, 0.717) is 23.6 Å². The molecule has 4 rings (SSSR count). The molecule has 276 valence electrons. The largest absolute Gasteiger partial charge is 0.495 e. The summed E-state index contributed by atoms with van der Waals surface area (Å²) in [7, 11) is 5.98. The minimum absolute atomic E-state index is 0.0489. The van der Waals surface area contributed by atoms with Crippen LogP contribution in [-0.4, -0.2) is 110 Å². The predicted molar refractivity (Wildman–Crippen MR) is 189 cm³/mol. The number of anilines is 1. The molecule has 3 heterocycles. The first kappa shape index (κ1) is 39.5. The van der Waals surface area contributed by atoms with E-state index in [9.17, 15) is 24.3 Å². The Balaban J connectivity index is 1.78. The third-order valence-corrected chi connectivity index (χ3v) is 10.5. The van der Waals surface area contributed by atoms with Crippen molar-refractivity contribution in [2.75, 3.05) is 39.0 Å². The topological polar surface area (TPSA) is 156 Å². The average Bonchev–Trinajstić information content (AvgIpc) is 3.76. The van der Waals surface area contributed by atoms with Gasteiger partial charge in [0.25, 0.3) is 0 Å².